The zero-order valence-electron chi connectivity index (χ0n) is 10.6. The lowest BCUT2D eigenvalue weighted by molar-refractivity contribution is -0.133. The summed E-state index contributed by atoms with van der Waals surface area (Å²) in [6.07, 6.45) is 0.386. The van der Waals surface area contributed by atoms with Gasteiger partial charge in [-0.25, -0.2) is 9.59 Å². The standard InChI is InChI=1S/C13H13ClN2O4/c1-2-8-10(12(18)19)11(16-13(20)15-8)6-3-4-9(17)7(14)5-6/h3-5,11,17H,2H2,1H3,(H,18,19)(H2,15,16,20). The van der Waals surface area contributed by atoms with Gasteiger partial charge in [0.2, 0.25) is 0 Å². The Hall–Kier alpha value is -2.21. The van der Waals surface area contributed by atoms with Crippen molar-refractivity contribution in [3.8, 4) is 5.75 Å². The molecular weight excluding hydrogens is 284 g/mol. The van der Waals surface area contributed by atoms with E-state index in [4.69, 9.17) is 11.6 Å². The Bertz CT molecular complexity index is 612. The van der Waals surface area contributed by atoms with Gasteiger partial charge in [-0.05, 0) is 24.1 Å². The molecule has 0 aromatic heterocycles. The van der Waals surface area contributed by atoms with Crippen molar-refractivity contribution in [2.24, 2.45) is 0 Å². The summed E-state index contributed by atoms with van der Waals surface area (Å²) >= 11 is 5.83. The second-order valence-corrected chi connectivity index (χ2v) is 4.70. The number of phenolic OH excluding ortho intramolecular Hbond substituents is 1. The number of aliphatic carboxylic acids is 1. The van der Waals surface area contributed by atoms with Crippen LogP contribution in [0.5, 0.6) is 5.75 Å². The number of carboxylic acid groups (broad SMARTS) is 1. The van der Waals surface area contributed by atoms with E-state index in [2.05, 4.69) is 10.6 Å². The third kappa shape index (κ3) is 2.55. The molecule has 1 aromatic rings. The summed E-state index contributed by atoms with van der Waals surface area (Å²) in [4.78, 5) is 23.0. The number of carbonyl (C=O) groups excluding carboxylic acids is 1. The predicted octanol–water partition coefficient (Wildman–Crippen LogP) is 2.15. The number of hydrogen-bond donors (Lipinski definition) is 4. The van der Waals surface area contributed by atoms with Gasteiger partial charge >= 0.3 is 12.0 Å². The second-order valence-electron chi connectivity index (χ2n) is 4.29. The first-order valence-electron chi connectivity index (χ1n) is 5.96. The first kappa shape index (κ1) is 14.2. The minimum absolute atomic E-state index is 0.0638. The van der Waals surface area contributed by atoms with Crippen molar-refractivity contribution in [2.75, 3.05) is 0 Å². The lowest BCUT2D eigenvalue weighted by Crippen LogP contribution is -2.45. The highest BCUT2D eigenvalue weighted by molar-refractivity contribution is 6.32. The average molecular weight is 297 g/mol. The van der Waals surface area contributed by atoms with Crippen LogP contribution in [0.1, 0.15) is 24.9 Å². The van der Waals surface area contributed by atoms with Crippen molar-refractivity contribution < 1.29 is 19.8 Å². The van der Waals surface area contributed by atoms with Gasteiger partial charge in [0, 0.05) is 5.70 Å². The summed E-state index contributed by atoms with van der Waals surface area (Å²) in [6, 6.07) is 3.03. The summed E-state index contributed by atoms with van der Waals surface area (Å²) < 4.78 is 0. The highest BCUT2D eigenvalue weighted by Gasteiger charge is 2.32. The lowest BCUT2D eigenvalue weighted by Gasteiger charge is -2.28. The molecule has 1 atom stereocenters. The molecule has 0 saturated heterocycles. The number of carboxylic acids is 1. The number of halogens is 1. The molecule has 0 bridgehead atoms. The number of nitrogens with one attached hydrogen (secondary N) is 2. The van der Waals surface area contributed by atoms with Gasteiger partial charge in [0.15, 0.2) is 0 Å². The van der Waals surface area contributed by atoms with E-state index in [1.54, 1.807) is 6.92 Å². The molecule has 6 nitrogen and oxygen atoms in total. The molecule has 0 saturated carbocycles. The minimum Gasteiger partial charge on any atom is -0.506 e. The van der Waals surface area contributed by atoms with Crippen LogP contribution in [0.15, 0.2) is 29.5 Å². The number of urea groups is 1. The van der Waals surface area contributed by atoms with Crippen LogP contribution < -0.4 is 10.6 Å². The lowest BCUT2D eigenvalue weighted by atomic mass is 9.94. The number of rotatable bonds is 3. The zero-order valence-corrected chi connectivity index (χ0v) is 11.4. The van der Waals surface area contributed by atoms with Gasteiger partial charge in [-0.2, -0.15) is 0 Å². The molecule has 1 aromatic carbocycles. The molecule has 0 spiro atoms. The molecule has 1 heterocycles. The van der Waals surface area contributed by atoms with Gasteiger partial charge in [-0.3, -0.25) is 0 Å². The first-order valence-corrected chi connectivity index (χ1v) is 6.34. The van der Waals surface area contributed by atoms with E-state index in [1.165, 1.54) is 18.2 Å². The van der Waals surface area contributed by atoms with E-state index in [1.807, 2.05) is 0 Å². The number of carbonyl (C=O) groups is 2. The van der Waals surface area contributed by atoms with Crippen LogP contribution in [-0.4, -0.2) is 22.2 Å². The van der Waals surface area contributed by atoms with Crippen molar-refractivity contribution in [3.05, 3.63) is 40.1 Å². The maximum absolute atomic E-state index is 11.6. The molecule has 1 aliphatic heterocycles. The van der Waals surface area contributed by atoms with E-state index in [9.17, 15) is 19.8 Å². The first-order chi connectivity index (χ1) is 9.43. The van der Waals surface area contributed by atoms with Crippen LogP contribution in [-0.2, 0) is 4.79 Å². The molecular formula is C13H13ClN2O4. The molecule has 106 valence electrons. The van der Waals surface area contributed by atoms with Gasteiger partial charge in [0.1, 0.15) is 5.75 Å². The van der Waals surface area contributed by atoms with Crippen LogP contribution in [0.4, 0.5) is 4.79 Å². The Morgan fingerprint density at radius 2 is 2.15 bits per heavy atom. The number of allylic oxidation sites excluding steroid dienone is 1. The van der Waals surface area contributed by atoms with Crippen LogP contribution >= 0.6 is 11.6 Å². The zero-order chi connectivity index (χ0) is 14.9. The van der Waals surface area contributed by atoms with Crippen LogP contribution in [0, 0.1) is 0 Å². The molecule has 1 unspecified atom stereocenters. The summed E-state index contributed by atoms with van der Waals surface area (Å²) in [5.74, 6) is -1.23. The maximum Gasteiger partial charge on any atom is 0.335 e. The largest absolute Gasteiger partial charge is 0.506 e. The van der Waals surface area contributed by atoms with Crippen LogP contribution in [0.2, 0.25) is 5.02 Å². The fourth-order valence-corrected chi connectivity index (χ4v) is 2.29. The highest BCUT2D eigenvalue weighted by atomic mass is 35.5. The second kappa shape index (κ2) is 5.42. The summed E-state index contributed by atoms with van der Waals surface area (Å²) in [5, 5.41) is 23.9. The monoisotopic (exact) mass is 296 g/mol. The quantitative estimate of drug-likeness (QED) is 0.687. The molecule has 4 N–H and O–H groups in total. The Balaban J connectivity index is 2.54. The number of aromatic hydroxyl groups is 1. The van der Waals surface area contributed by atoms with E-state index in [0.717, 1.165) is 0 Å². The van der Waals surface area contributed by atoms with Crippen LogP contribution in [0.3, 0.4) is 0 Å². The van der Waals surface area contributed by atoms with Crippen molar-refractivity contribution >= 4 is 23.6 Å². The van der Waals surface area contributed by atoms with Gasteiger partial charge in [-0.15, -0.1) is 0 Å². The molecule has 0 radical (unpaired) electrons. The van der Waals surface area contributed by atoms with E-state index >= 15 is 0 Å². The molecule has 7 heteroatoms. The highest BCUT2D eigenvalue weighted by Crippen LogP contribution is 2.32. The molecule has 0 fully saturated rings. The predicted molar refractivity (Wildman–Crippen MR) is 72.5 cm³/mol. The van der Waals surface area contributed by atoms with E-state index in [0.29, 0.717) is 17.7 Å². The smallest absolute Gasteiger partial charge is 0.335 e. The minimum atomic E-state index is -1.12. The van der Waals surface area contributed by atoms with Gasteiger partial charge < -0.3 is 20.8 Å². The van der Waals surface area contributed by atoms with E-state index in [-0.39, 0.29) is 16.3 Å². The fraction of sp³-hybridized carbons (Fsp3) is 0.231. The van der Waals surface area contributed by atoms with Gasteiger partial charge in [-0.1, -0.05) is 24.6 Å². The topological polar surface area (TPSA) is 98.7 Å². The normalized spacial score (nSPS) is 18.5. The van der Waals surface area contributed by atoms with Gasteiger partial charge in [0.05, 0.1) is 16.6 Å². The van der Waals surface area contributed by atoms with Crippen molar-refractivity contribution in [3.63, 3.8) is 0 Å². The Morgan fingerprint density at radius 1 is 1.45 bits per heavy atom. The Kier molecular flexibility index (Phi) is 3.85. The summed E-state index contributed by atoms with van der Waals surface area (Å²) in [7, 11) is 0. The fourth-order valence-electron chi connectivity index (χ4n) is 2.10. The van der Waals surface area contributed by atoms with E-state index < -0.39 is 18.0 Å². The molecule has 0 aliphatic carbocycles. The number of hydrogen-bond acceptors (Lipinski definition) is 3. The third-order valence-electron chi connectivity index (χ3n) is 3.04. The summed E-state index contributed by atoms with van der Waals surface area (Å²) in [6.45, 7) is 1.75. The number of amides is 2. The van der Waals surface area contributed by atoms with Crippen LogP contribution in [0.25, 0.3) is 0 Å². The SMILES string of the molecule is CCC1=C(C(=O)O)C(c2ccc(O)c(Cl)c2)NC(=O)N1. The molecule has 1 aliphatic rings. The van der Waals surface area contributed by atoms with Crippen molar-refractivity contribution in [1.82, 2.24) is 10.6 Å². The summed E-state index contributed by atoms with van der Waals surface area (Å²) in [5.41, 5.74) is 0.912. The molecule has 2 rings (SSSR count). The molecule has 2 amide bonds. The maximum atomic E-state index is 11.6. The van der Waals surface area contributed by atoms with Gasteiger partial charge in [0.25, 0.3) is 0 Å². The molecule has 20 heavy (non-hydrogen) atoms. The average Bonchev–Trinajstić information content (AvgIpc) is 2.40. The Labute approximate surface area is 120 Å². The number of benzene rings is 1. The number of phenols is 1. The van der Waals surface area contributed by atoms with Crippen molar-refractivity contribution in [2.45, 2.75) is 19.4 Å². The third-order valence-corrected chi connectivity index (χ3v) is 3.35. The Morgan fingerprint density at radius 3 is 2.70 bits per heavy atom. The van der Waals surface area contributed by atoms with Crippen molar-refractivity contribution in [1.29, 1.82) is 0 Å².